The number of nitrogens with one attached hydrogen (secondary N) is 2. The van der Waals surface area contributed by atoms with Crippen LogP contribution in [0.2, 0.25) is 0 Å². The molecule has 1 aromatic rings. The van der Waals surface area contributed by atoms with Crippen molar-refractivity contribution in [2.45, 2.75) is 39.2 Å². The van der Waals surface area contributed by atoms with Gasteiger partial charge in [0.2, 0.25) is 0 Å². The first-order valence-corrected chi connectivity index (χ1v) is 8.03. The Balaban J connectivity index is 1.61. The van der Waals surface area contributed by atoms with Crippen LogP contribution in [-0.4, -0.2) is 43.2 Å². The topological polar surface area (TPSA) is 63.2 Å². The summed E-state index contributed by atoms with van der Waals surface area (Å²) < 4.78 is 5.80. The summed E-state index contributed by atoms with van der Waals surface area (Å²) in [5, 5.41) is 7.18. The van der Waals surface area contributed by atoms with Gasteiger partial charge in [0.1, 0.15) is 4.88 Å². The van der Waals surface area contributed by atoms with E-state index in [1.54, 1.807) is 0 Å². The third-order valence-electron chi connectivity index (χ3n) is 3.36. The van der Waals surface area contributed by atoms with Crippen molar-refractivity contribution >= 4 is 17.2 Å². The fraction of sp³-hybridized carbons (Fsp3) is 0.714. The fourth-order valence-corrected chi connectivity index (χ4v) is 3.14. The van der Waals surface area contributed by atoms with Crippen LogP contribution in [0.5, 0.6) is 0 Å². The van der Waals surface area contributed by atoms with Crippen LogP contribution in [0.3, 0.4) is 0 Å². The summed E-state index contributed by atoms with van der Waals surface area (Å²) in [4.78, 5) is 16.9. The van der Waals surface area contributed by atoms with Crippen molar-refractivity contribution in [2.24, 2.45) is 0 Å². The number of piperidine rings is 1. The number of aromatic nitrogens is 1. The van der Waals surface area contributed by atoms with Crippen molar-refractivity contribution < 1.29 is 9.53 Å². The minimum Gasteiger partial charge on any atom is -0.378 e. The van der Waals surface area contributed by atoms with E-state index < -0.39 is 0 Å². The summed E-state index contributed by atoms with van der Waals surface area (Å²) in [5.74, 6) is -0.0185. The van der Waals surface area contributed by atoms with Crippen molar-refractivity contribution in [1.82, 2.24) is 15.6 Å². The zero-order valence-corrected chi connectivity index (χ0v) is 13.0. The molecule has 0 aliphatic carbocycles. The first-order chi connectivity index (χ1) is 9.66. The Morgan fingerprint density at radius 1 is 1.45 bits per heavy atom. The Hall–Kier alpha value is -0.980. The van der Waals surface area contributed by atoms with Gasteiger partial charge in [0, 0.05) is 13.2 Å². The lowest BCUT2D eigenvalue weighted by Gasteiger charge is -2.22. The Kier molecular flexibility index (Phi) is 5.94. The summed E-state index contributed by atoms with van der Waals surface area (Å²) in [7, 11) is 0. The molecule has 2 rings (SSSR count). The summed E-state index contributed by atoms with van der Waals surface area (Å²) in [6.07, 6.45) is 3.42. The highest BCUT2D eigenvalue weighted by molar-refractivity contribution is 7.13. The zero-order chi connectivity index (χ0) is 14.4. The molecule has 0 unspecified atom stereocenters. The maximum Gasteiger partial charge on any atom is 0.263 e. The van der Waals surface area contributed by atoms with Crippen molar-refractivity contribution in [3.63, 3.8) is 0 Å². The van der Waals surface area contributed by atoms with Crippen LogP contribution >= 0.6 is 11.3 Å². The fourth-order valence-electron chi connectivity index (χ4n) is 2.31. The van der Waals surface area contributed by atoms with Gasteiger partial charge in [-0.05, 0) is 46.2 Å². The van der Waals surface area contributed by atoms with E-state index >= 15 is 0 Å². The lowest BCUT2D eigenvalue weighted by atomic mass is 10.1. The number of amides is 1. The molecule has 0 spiro atoms. The third-order valence-corrected chi connectivity index (χ3v) is 4.43. The minimum absolute atomic E-state index is 0.0185. The summed E-state index contributed by atoms with van der Waals surface area (Å²) in [6.45, 7) is 7.25. The van der Waals surface area contributed by atoms with E-state index in [-0.39, 0.29) is 5.91 Å². The van der Waals surface area contributed by atoms with Gasteiger partial charge in [0.05, 0.1) is 16.8 Å². The Bertz CT molecular complexity index is 442. The van der Waals surface area contributed by atoms with E-state index in [1.807, 2.05) is 13.8 Å². The number of hydrogen-bond donors (Lipinski definition) is 2. The molecule has 1 aromatic heterocycles. The number of aryl methyl sites for hydroxylation is 2. The van der Waals surface area contributed by atoms with E-state index in [0.29, 0.717) is 19.3 Å². The average Bonchev–Trinajstić information content (AvgIpc) is 2.78. The number of nitrogens with zero attached hydrogens (tertiary/aromatic N) is 1. The van der Waals surface area contributed by atoms with E-state index in [1.165, 1.54) is 11.3 Å². The van der Waals surface area contributed by atoms with E-state index in [2.05, 4.69) is 15.6 Å². The van der Waals surface area contributed by atoms with Crippen LogP contribution in [0.25, 0.3) is 0 Å². The first-order valence-electron chi connectivity index (χ1n) is 7.21. The van der Waals surface area contributed by atoms with Crippen LogP contribution < -0.4 is 10.6 Å². The second-order valence-corrected chi connectivity index (χ2v) is 6.28. The SMILES string of the molecule is Cc1nc(C)c(C(=O)NCCCOC2CCNCC2)s1. The van der Waals surface area contributed by atoms with Gasteiger partial charge < -0.3 is 15.4 Å². The van der Waals surface area contributed by atoms with Gasteiger partial charge in [-0.3, -0.25) is 4.79 Å². The number of thiazole rings is 1. The molecule has 5 nitrogen and oxygen atoms in total. The third kappa shape index (κ3) is 4.54. The van der Waals surface area contributed by atoms with Gasteiger partial charge >= 0.3 is 0 Å². The highest BCUT2D eigenvalue weighted by Gasteiger charge is 2.14. The summed E-state index contributed by atoms with van der Waals surface area (Å²) in [5.41, 5.74) is 0.816. The van der Waals surface area contributed by atoms with Gasteiger partial charge in [-0.2, -0.15) is 0 Å². The highest BCUT2D eigenvalue weighted by Crippen LogP contribution is 2.16. The lowest BCUT2D eigenvalue weighted by molar-refractivity contribution is 0.0318. The van der Waals surface area contributed by atoms with Crippen LogP contribution in [-0.2, 0) is 4.74 Å². The molecule has 0 atom stereocenters. The largest absolute Gasteiger partial charge is 0.378 e. The monoisotopic (exact) mass is 297 g/mol. The van der Waals surface area contributed by atoms with E-state index in [9.17, 15) is 4.79 Å². The molecule has 0 radical (unpaired) electrons. The minimum atomic E-state index is -0.0185. The molecule has 6 heteroatoms. The van der Waals surface area contributed by atoms with Crippen LogP contribution in [0.15, 0.2) is 0 Å². The second-order valence-electron chi connectivity index (χ2n) is 5.08. The smallest absolute Gasteiger partial charge is 0.263 e. The van der Waals surface area contributed by atoms with Gasteiger partial charge in [0.25, 0.3) is 5.91 Å². The Labute approximate surface area is 124 Å². The van der Waals surface area contributed by atoms with Gasteiger partial charge in [-0.25, -0.2) is 4.98 Å². The van der Waals surface area contributed by atoms with Crippen molar-refractivity contribution in [1.29, 1.82) is 0 Å². The number of hydrogen-bond acceptors (Lipinski definition) is 5. The zero-order valence-electron chi connectivity index (χ0n) is 12.2. The molecular weight excluding hydrogens is 274 g/mol. The summed E-state index contributed by atoms with van der Waals surface area (Å²) in [6, 6.07) is 0. The van der Waals surface area contributed by atoms with Gasteiger partial charge in [0.15, 0.2) is 0 Å². The Morgan fingerprint density at radius 2 is 2.20 bits per heavy atom. The van der Waals surface area contributed by atoms with Gasteiger partial charge in [-0.1, -0.05) is 0 Å². The molecule has 0 aromatic carbocycles. The number of carbonyl (C=O) groups excluding carboxylic acids is 1. The molecular formula is C14H23N3O2S. The number of carbonyl (C=O) groups is 1. The molecule has 1 amide bonds. The maximum atomic E-state index is 12.0. The molecule has 20 heavy (non-hydrogen) atoms. The molecule has 1 saturated heterocycles. The predicted octanol–water partition coefficient (Wildman–Crippen LogP) is 1.65. The highest BCUT2D eigenvalue weighted by atomic mass is 32.1. The molecule has 2 heterocycles. The van der Waals surface area contributed by atoms with Crippen LogP contribution in [0.1, 0.15) is 39.6 Å². The van der Waals surface area contributed by atoms with Crippen LogP contribution in [0, 0.1) is 13.8 Å². The van der Waals surface area contributed by atoms with Gasteiger partial charge in [-0.15, -0.1) is 11.3 Å². The molecule has 0 saturated carbocycles. The van der Waals surface area contributed by atoms with Crippen molar-refractivity contribution in [3.8, 4) is 0 Å². The first kappa shape index (κ1) is 15.4. The second kappa shape index (κ2) is 7.71. The number of ether oxygens (including phenoxy) is 1. The number of rotatable bonds is 6. The summed E-state index contributed by atoms with van der Waals surface area (Å²) >= 11 is 1.45. The molecule has 1 fully saturated rings. The standard InChI is InChI=1S/C14H23N3O2S/c1-10-13(20-11(2)17-10)14(18)16-6-3-9-19-12-4-7-15-8-5-12/h12,15H,3-9H2,1-2H3,(H,16,18). The van der Waals surface area contributed by atoms with Crippen molar-refractivity contribution in [2.75, 3.05) is 26.2 Å². The molecule has 1 aliphatic rings. The average molecular weight is 297 g/mol. The van der Waals surface area contributed by atoms with E-state index in [4.69, 9.17) is 4.74 Å². The molecule has 0 bridgehead atoms. The van der Waals surface area contributed by atoms with Crippen molar-refractivity contribution in [3.05, 3.63) is 15.6 Å². The quantitative estimate of drug-likeness (QED) is 0.784. The maximum absolute atomic E-state index is 12.0. The van der Waals surface area contributed by atoms with E-state index in [0.717, 1.165) is 47.9 Å². The molecule has 112 valence electrons. The molecule has 2 N–H and O–H groups in total. The van der Waals surface area contributed by atoms with Crippen LogP contribution in [0.4, 0.5) is 0 Å². The normalized spacial score (nSPS) is 16.3. The lowest BCUT2D eigenvalue weighted by Crippen LogP contribution is -2.33. The molecule has 1 aliphatic heterocycles. The predicted molar refractivity (Wildman–Crippen MR) is 80.4 cm³/mol. The Morgan fingerprint density at radius 3 is 2.85 bits per heavy atom.